The van der Waals surface area contributed by atoms with Crippen molar-refractivity contribution >= 4 is 0 Å². The van der Waals surface area contributed by atoms with Crippen LogP contribution in [0, 0.1) is 27.7 Å². The van der Waals surface area contributed by atoms with E-state index in [0.717, 1.165) is 79.6 Å². The Morgan fingerprint density at radius 3 is 1.23 bits per heavy atom. The van der Waals surface area contributed by atoms with Crippen molar-refractivity contribution in [1.29, 1.82) is 0 Å². The smallest absolute Gasteiger partial charge is 0.122 e. The third kappa shape index (κ3) is 5.75. The highest BCUT2D eigenvalue weighted by Crippen LogP contribution is 2.37. The topological polar surface area (TPSA) is 80.9 Å². The number of aromatic hydroxyl groups is 4. The highest BCUT2D eigenvalue weighted by Gasteiger charge is 2.19. The fourth-order valence-corrected chi connectivity index (χ4v) is 5.48. The average Bonchev–Trinajstić information content (AvgIpc) is 2.92. The van der Waals surface area contributed by atoms with Crippen LogP contribution in [0.3, 0.4) is 0 Å². The average molecular weight is 525 g/mol. The minimum absolute atomic E-state index is 0.235. The van der Waals surface area contributed by atoms with Crippen LogP contribution in [0.25, 0.3) is 0 Å². The van der Waals surface area contributed by atoms with Crippen molar-refractivity contribution in [2.45, 2.75) is 73.6 Å². The minimum atomic E-state index is 0.235. The van der Waals surface area contributed by atoms with E-state index in [-0.39, 0.29) is 23.0 Å². The van der Waals surface area contributed by atoms with Gasteiger partial charge in [0.1, 0.15) is 23.0 Å². The Morgan fingerprint density at radius 2 is 0.872 bits per heavy atom. The van der Waals surface area contributed by atoms with E-state index in [1.54, 1.807) is 12.1 Å². The molecular formula is C35H40O4. The van der Waals surface area contributed by atoms with Crippen LogP contribution in [-0.2, 0) is 32.1 Å². The molecule has 0 aliphatic carbocycles. The molecule has 4 aromatic carbocycles. The van der Waals surface area contributed by atoms with Gasteiger partial charge in [-0.15, -0.1) is 0 Å². The van der Waals surface area contributed by atoms with E-state index in [2.05, 4.69) is 13.8 Å². The molecule has 0 aliphatic heterocycles. The molecule has 204 valence electrons. The maximum atomic E-state index is 11.0. The second kappa shape index (κ2) is 11.4. The third-order valence-corrected chi connectivity index (χ3v) is 8.19. The first-order valence-corrected chi connectivity index (χ1v) is 13.8. The molecule has 0 aliphatic rings. The van der Waals surface area contributed by atoms with Crippen molar-refractivity contribution in [1.82, 2.24) is 0 Å². The molecule has 0 aromatic heterocycles. The zero-order valence-electron chi connectivity index (χ0n) is 23.9. The number of hydrogen-bond acceptors (Lipinski definition) is 4. The fourth-order valence-electron chi connectivity index (χ4n) is 5.48. The summed E-state index contributed by atoms with van der Waals surface area (Å²) in [5.41, 5.74) is 11.3. The number of phenolic OH excluding ortho intramolecular Hbond substituents is 4. The molecule has 0 radical (unpaired) electrons. The van der Waals surface area contributed by atoms with Gasteiger partial charge >= 0.3 is 0 Å². The standard InChI is InChI=1S/C35H40O4/c1-7-24-9-11-32(36)28(15-24)18-30-22(5)26(13-20(3)34(30)38)17-27-14-21(4)35(39)31(23(27)6)19-29-16-25(8-2)10-12-33(29)37/h9-16,36-39H,7-8,17-19H2,1-6H3. The molecule has 4 rings (SSSR count). The van der Waals surface area contributed by atoms with Crippen molar-refractivity contribution in [3.05, 3.63) is 115 Å². The number of hydrogen-bond donors (Lipinski definition) is 4. The first-order chi connectivity index (χ1) is 18.5. The van der Waals surface area contributed by atoms with Gasteiger partial charge in [-0.25, -0.2) is 0 Å². The second-order valence-electron chi connectivity index (χ2n) is 10.8. The maximum Gasteiger partial charge on any atom is 0.122 e. The van der Waals surface area contributed by atoms with Crippen LogP contribution in [-0.4, -0.2) is 20.4 Å². The molecule has 0 saturated heterocycles. The van der Waals surface area contributed by atoms with Gasteiger partial charge in [0.2, 0.25) is 0 Å². The van der Waals surface area contributed by atoms with E-state index >= 15 is 0 Å². The van der Waals surface area contributed by atoms with Crippen LogP contribution in [0.5, 0.6) is 23.0 Å². The van der Waals surface area contributed by atoms with E-state index in [1.165, 1.54) is 0 Å². The second-order valence-corrected chi connectivity index (χ2v) is 10.8. The Labute approximate surface area is 232 Å². The molecule has 0 fully saturated rings. The quantitative estimate of drug-likeness (QED) is 0.191. The van der Waals surface area contributed by atoms with Gasteiger partial charge in [0, 0.05) is 24.0 Å². The molecule has 0 spiro atoms. The summed E-state index contributed by atoms with van der Waals surface area (Å²) in [6.07, 6.45) is 3.27. The van der Waals surface area contributed by atoms with Gasteiger partial charge in [0.05, 0.1) is 0 Å². The molecule has 0 bridgehead atoms. The maximum absolute atomic E-state index is 11.0. The first-order valence-electron chi connectivity index (χ1n) is 13.8. The van der Waals surface area contributed by atoms with E-state index in [1.807, 2.05) is 64.1 Å². The molecule has 0 atom stereocenters. The number of benzene rings is 4. The van der Waals surface area contributed by atoms with Crippen LogP contribution < -0.4 is 0 Å². The Morgan fingerprint density at radius 1 is 0.487 bits per heavy atom. The molecule has 4 heteroatoms. The van der Waals surface area contributed by atoms with Crippen molar-refractivity contribution in [3.8, 4) is 23.0 Å². The number of aryl methyl sites for hydroxylation is 4. The summed E-state index contributed by atoms with van der Waals surface area (Å²) < 4.78 is 0. The Hall–Kier alpha value is -3.92. The van der Waals surface area contributed by atoms with Crippen molar-refractivity contribution in [2.75, 3.05) is 0 Å². The summed E-state index contributed by atoms with van der Waals surface area (Å²) in [7, 11) is 0. The molecule has 4 nitrogen and oxygen atoms in total. The highest BCUT2D eigenvalue weighted by atomic mass is 16.3. The van der Waals surface area contributed by atoms with E-state index in [0.29, 0.717) is 19.3 Å². The highest BCUT2D eigenvalue weighted by molar-refractivity contribution is 5.57. The van der Waals surface area contributed by atoms with Gasteiger partial charge in [-0.3, -0.25) is 0 Å². The lowest BCUT2D eigenvalue weighted by atomic mass is 9.86. The molecule has 0 unspecified atom stereocenters. The van der Waals surface area contributed by atoms with Crippen LogP contribution >= 0.6 is 0 Å². The summed E-state index contributed by atoms with van der Waals surface area (Å²) in [6, 6.07) is 15.4. The van der Waals surface area contributed by atoms with Crippen LogP contribution in [0.2, 0.25) is 0 Å². The van der Waals surface area contributed by atoms with Crippen LogP contribution in [0.15, 0.2) is 48.5 Å². The fraction of sp³-hybridized carbons (Fsp3) is 0.314. The number of phenols is 4. The Bertz CT molecular complexity index is 1420. The van der Waals surface area contributed by atoms with Crippen molar-refractivity contribution < 1.29 is 20.4 Å². The lowest BCUT2D eigenvalue weighted by molar-refractivity contribution is 0.459. The monoisotopic (exact) mass is 524 g/mol. The molecular weight excluding hydrogens is 484 g/mol. The largest absolute Gasteiger partial charge is 0.508 e. The van der Waals surface area contributed by atoms with Gasteiger partial charge < -0.3 is 20.4 Å². The van der Waals surface area contributed by atoms with E-state index in [4.69, 9.17) is 0 Å². The lowest BCUT2D eigenvalue weighted by Gasteiger charge is -2.20. The summed E-state index contributed by atoms with van der Waals surface area (Å²) >= 11 is 0. The normalized spacial score (nSPS) is 11.2. The van der Waals surface area contributed by atoms with Gasteiger partial charge in [0.15, 0.2) is 0 Å². The van der Waals surface area contributed by atoms with Gasteiger partial charge in [-0.2, -0.15) is 0 Å². The summed E-state index contributed by atoms with van der Waals surface area (Å²) in [5, 5.41) is 43.1. The summed E-state index contributed by atoms with van der Waals surface area (Å²) in [6.45, 7) is 12.1. The third-order valence-electron chi connectivity index (χ3n) is 8.19. The van der Waals surface area contributed by atoms with E-state index < -0.39 is 0 Å². The zero-order valence-corrected chi connectivity index (χ0v) is 23.9. The van der Waals surface area contributed by atoms with Gasteiger partial charge in [-0.05, 0) is 115 Å². The predicted octanol–water partition coefficient (Wildman–Crippen LogP) is 7.64. The molecule has 0 saturated carbocycles. The molecule has 39 heavy (non-hydrogen) atoms. The summed E-state index contributed by atoms with van der Waals surface area (Å²) in [5.74, 6) is 1.00. The SMILES string of the molecule is CCc1ccc(O)c(Cc2c(C)c(Cc3cc(C)c(O)c(Cc4cc(CC)ccc4O)c3C)cc(C)c2O)c1. The molecule has 4 aromatic rings. The van der Waals surface area contributed by atoms with Crippen LogP contribution in [0.4, 0.5) is 0 Å². The van der Waals surface area contributed by atoms with E-state index in [9.17, 15) is 20.4 Å². The van der Waals surface area contributed by atoms with Gasteiger partial charge in [-0.1, -0.05) is 50.2 Å². The first kappa shape index (κ1) is 28.1. The molecule has 0 heterocycles. The van der Waals surface area contributed by atoms with Crippen LogP contribution in [0.1, 0.15) is 80.6 Å². The zero-order chi connectivity index (χ0) is 28.4. The predicted molar refractivity (Wildman–Crippen MR) is 159 cm³/mol. The lowest BCUT2D eigenvalue weighted by Crippen LogP contribution is -2.05. The van der Waals surface area contributed by atoms with Gasteiger partial charge in [0.25, 0.3) is 0 Å². The summed E-state index contributed by atoms with van der Waals surface area (Å²) in [4.78, 5) is 0. The minimum Gasteiger partial charge on any atom is -0.508 e. The molecule has 0 amide bonds. The van der Waals surface area contributed by atoms with Crippen molar-refractivity contribution in [2.24, 2.45) is 0 Å². The Kier molecular flexibility index (Phi) is 8.25. The Balaban J connectivity index is 1.75. The number of rotatable bonds is 8. The van der Waals surface area contributed by atoms with Crippen molar-refractivity contribution in [3.63, 3.8) is 0 Å². The molecule has 4 N–H and O–H groups in total.